The molecule has 0 spiro atoms. The van der Waals surface area contributed by atoms with Gasteiger partial charge in [-0.2, -0.15) is 0 Å². The van der Waals surface area contributed by atoms with Gasteiger partial charge in [0.15, 0.2) is 12.4 Å². The predicted molar refractivity (Wildman–Crippen MR) is 98.4 cm³/mol. The van der Waals surface area contributed by atoms with E-state index in [0.717, 1.165) is 12.0 Å². The van der Waals surface area contributed by atoms with Crippen molar-refractivity contribution in [1.82, 2.24) is 25.1 Å². The first-order valence-electron chi connectivity index (χ1n) is 9.09. The third-order valence-corrected chi connectivity index (χ3v) is 6.61. The van der Waals surface area contributed by atoms with Gasteiger partial charge in [-0.1, -0.05) is 37.3 Å². The molecule has 142 valence electrons. The number of aromatic nitrogens is 4. The Kier molecular flexibility index (Phi) is 4.86. The van der Waals surface area contributed by atoms with Crippen LogP contribution < -0.4 is 0 Å². The summed E-state index contributed by atoms with van der Waals surface area (Å²) in [4.78, 5) is 26.6. The first kappa shape index (κ1) is 18.0. The van der Waals surface area contributed by atoms with Crippen LogP contribution in [0.5, 0.6) is 0 Å². The molecule has 2 aliphatic rings. The second-order valence-electron chi connectivity index (χ2n) is 6.67. The molecule has 2 aromatic rings. The summed E-state index contributed by atoms with van der Waals surface area (Å²) in [5, 5.41) is 11.4. The number of benzene rings is 1. The van der Waals surface area contributed by atoms with Gasteiger partial charge < -0.3 is 9.64 Å². The van der Waals surface area contributed by atoms with Gasteiger partial charge >= 0.3 is 5.97 Å². The van der Waals surface area contributed by atoms with Gasteiger partial charge in [0, 0.05) is 18.7 Å². The lowest BCUT2D eigenvalue weighted by Crippen LogP contribution is -2.46. The summed E-state index contributed by atoms with van der Waals surface area (Å²) < 4.78 is 7.12. The number of rotatable bonds is 6. The SMILES string of the molecule is CCCn1nnnc1COC(=O)[C@@H]1CS[C@@]2(c3ccccc3)CCC(=O)N12. The maximum atomic E-state index is 12.8. The van der Waals surface area contributed by atoms with Crippen LogP contribution in [0.3, 0.4) is 0 Å². The van der Waals surface area contributed by atoms with Crippen molar-refractivity contribution >= 4 is 23.6 Å². The van der Waals surface area contributed by atoms with E-state index in [1.165, 1.54) is 0 Å². The molecule has 0 unspecified atom stereocenters. The largest absolute Gasteiger partial charge is 0.456 e. The topological polar surface area (TPSA) is 90.2 Å². The maximum absolute atomic E-state index is 12.8. The number of esters is 1. The summed E-state index contributed by atoms with van der Waals surface area (Å²) in [5.74, 6) is 0.639. The Labute approximate surface area is 161 Å². The van der Waals surface area contributed by atoms with Crippen LogP contribution in [0.4, 0.5) is 0 Å². The molecule has 2 aliphatic heterocycles. The van der Waals surface area contributed by atoms with E-state index in [1.54, 1.807) is 21.3 Å². The van der Waals surface area contributed by atoms with Crippen LogP contribution >= 0.6 is 11.8 Å². The molecule has 2 atom stereocenters. The minimum atomic E-state index is -0.583. The lowest BCUT2D eigenvalue weighted by molar-refractivity contribution is -0.155. The summed E-state index contributed by atoms with van der Waals surface area (Å²) >= 11 is 1.65. The van der Waals surface area contributed by atoms with Crippen LogP contribution in [0.25, 0.3) is 0 Å². The van der Waals surface area contributed by atoms with Crippen LogP contribution in [0.2, 0.25) is 0 Å². The van der Waals surface area contributed by atoms with Crippen molar-refractivity contribution in [1.29, 1.82) is 0 Å². The third-order valence-electron chi connectivity index (χ3n) is 5.01. The number of hydrogen-bond acceptors (Lipinski definition) is 7. The number of thioether (sulfide) groups is 1. The number of ether oxygens (including phenoxy) is 1. The summed E-state index contributed by atoms with van der Waals surface area (Å²) in [7, 11) is 0. The minimum absolute atomic E-state index is 0.00150. The zero-order valence-electron chi connectivity index (χ0n) is 15.1. The quantitative estimate of drug-likeness (QED) is 0.697. The highest BCUT2D eigenvalue weighted by atomic mass is 32.2. The molecule has 0 bridgehead atoms. The Balaban J connectivity index is 1.50. The van der Waals surface area contributed by atoms with Crippen molar-refractivity contribution in [3.63, 3.8) is 0 Å². The van der Waals surface area contributed by atoms with Gasteiger partial charge in [0.05, 0.1) is 0 Å². The van der Waals surface area contributed by atoms with E-state index in [0.29, 0.717) is 31.0 Å². The van der Waals surface area contributed by atoms with Gasteiger partial charge in [0.1, 0.15) is 10.9 Å². The maximum Gasteiger partial charge on any atom is 0.330 e. The molecule has 0 aliphatic carbocycles. The Morgan fingerprint density at radius 2 is 2.19 bits per heavy atom. The number of carbonyl (C=O) groups is 2. The van der Waals surface area contributed by atoms with Gasteiger partial charge in [0.2, 0.25) is 5.91 Å². The smallest absolute Gasteiger partial charge is 0.330 e. The highest BCUT2D eigenvalue weighted by molar-refractivity contribution is 8.00. The van der Waals surface area contributed by atoms with Crippen LogP contribution in [0, 0.1) is 0 Å². The fourth-order valence-electron chi connectivity index (χ4n) is 3.76. The fraction of sp³-hybridized carbons (Fsp3) is 0.500. The molecule has 2 fully saturated rings. The van der Waals surface area contributed by atoms with Crippen LogP contribution in [-0.2, 0) is 32.3 Å². The molecule has 2 saturated heterocycles. The first-order valence-corrected chi connectivity index (χ1v) is 10.1. The molecule has 1 amide bonds. The molecule has 4 rings (SSSR count). The molecule has 27 heavy (non-hydrogen) atoms. The number of carbonyl (C=O) groups excluding carboxylic acids is 2. The molecule has 0 radical (unpaired) electrons. The molecule has 0 saturated carbocycles. The van der Waals surface area contributed by atoms with Crippen molar-refractivity contribution in [2.24, 2.45) is 0 Å². The Morgan fingerprint density at radius 1 is 1.37 bits per heavy atom. The minimum Gasteiger partial charge on any atom is -0.456 e. The standard InChI is InChI=1S/C18H21N5O3S/c1-2-10-22-15(19-20-21-22)11-26-17(25)14-12-27-18(9-8-16(24)23(14)18)13-6-4-3-5-7-13/h3-7,14H,2,8-12H2,1H3/t14-,18+/m0/s1. The molecule has 1 aromatic carbocycles. The van der Waals surface area contributed by atoms with Crippen molar-refractivity contribution in [3.8, 4) is 0 Å². The summed E-state index contributed by atoms with van der Waals surface area (Å²) in [6.07, 6.45) is 2.03. The van der Waals surface area contributed by atoms with Crippen molar-refractivity contribution in [2.75, 3.05) is 5.75 Å². The normalized spacial score (nSPS) is 24.3. The molecule has 1 aromatic heterocycles. The Bertz CT molecular complexity index is 843. The lowest BCUT2D eigenvalue weighted by atomic mass is 10.0. The average molecular weight is 387 g/mol. The second-order valence-corrected chi connectivity index (χ2v) is 7.96. The molecular weight excluding hydrogens is 366 g/mol. The molecule has 0 N–H and O–H groups in total. The first-order chi connectivity index (χ1) is 13.2. The van der Waals surface area contributed by atoms with Crippen molar-refractivity contribution in [2.45, 2.75) is 50.3 Å². The molecule has 9 heteroatoms. The van der Waals surface area contributed by atoms with Crippen LogP contribution in [-0.4, -0.2) is 48.8 Å². The number of aryl methyl sites for hydroxylation is 1. The third kappa shape index (κ3) is 3.09. The fourth-order valence-corrected chi connectivity index (χ4v) is 5.40. The van der Waals surface area contributed by atoms with Gasteiger partial charge in [0.25, 0.3) is 0 Å². The highest BCUT2D eigenvalue weighted by Crippen LogP contribution is 2.54. The van der Waals surface area contributed by atoms with E-state index in [1.807, 2.05) is 37.3 Å². The van der Waals surface area contributed by atoms with E-state index >= 15 is 0 Å². The number of amides is 1. The highest BCUT2D eigenvalue weighted by Gasteiger charge is 2.57. The molecule has 8 nitrogen and oxygen atoms in total. The van der Waals surface area contributed by atoms with E-state index in [4.69, 9.17) is 4.74 Å². The Morgan fingerprint density at radius 3 is 2.96 bits per heavy atom. The predicted octanol–water partition coefficient (Wildman–Crippen LogP) is 1.72. The summed E-state index contributed by atoms with van der Waals surface area (Å²) in [6.45, 7) is 2.70. The zero-order valence-corrected chi connectivity index (χ0v) is 15.9. The van der Waals surface area contributed by atoms with Crippen molar-refractivity contribution < 1.29 is 14.3 Å². The van der Waals surface area contributed by atoms with Crippen molar-refractivity contribution in [3.05, 3.63) is 41.7 Å². The summed E-state index contributed by atoms with van der Waals surface area (Å²) in [6, 6.07) is 9.33. The second kappa shape index (κ2) is 7.30. The van der Waals surface area contributed by atoms with E-state index < -0.39 is 16.9 Å². The van der Waals surface area contributed by atoms with Gasteiger partial charge in [-0.05, 0) is 28.8 Å². The van der Waals surface area contributed by atoms with Crippen LogP contribution in [0.15, 0.2) is 30.3 Å². The zero-order chi connectivity index (χ0) is 18.9. The molecular formula is C18H21N5O3S. The number of hydrogen-bond donors (Lipinski definition) is 0. The van der Waals surface area contributed by atoms with E-state index in [2.05, 4.69) is 15.5 Å². The monoisotopic (exact) mass is 387 g/mol. The summed E-state index contributed by atoms with van der Waals surface area (Å²) in [5.41, 5.74) is 1.06. The number of tetrazole rings is 1. The number of fused-ring (bicyclic) bond motifs is 1. The van der Waals surface area contributed by atoms with E-state index in [-0.39, 0.29) is 12.5 Å². The van der Waals surface area contributed by atoms with Gasteiger partial charge in [-0.15, -0.1) is 16.9 Å². The van der Waals surface area contributed by atoms with Crippen LogP contribution in [0.1, 0.15) is 37.6 Å². The Hall–Kier alpha value is -2.42. The average Bonchev–Trinajstić information content (AvgIpc) is 3.38. The van der Waals surface area contributed by atoms with Gasteiger partial charge in [-0.3, -0.25) is 4.79 Å². The molecule has 3 heterocycles. The van der Waals surface area contributed by atoms with Gasteiger partial charge in [-0.25, -0.2) is 9.48 Å². The van der Waals surface area contributed by atoms with E-state index in [9.17, 15) is 9.59 Å². The number of nitrogens with zero attached hydrogens (tertiary/aromatic N) is 5. The lowest BCUT2D eigenvalue weighted by Gasteiger charge is -2.33.